The van der Waals surface area contributed by atoms with Crippen LogP contribution >= 0.6 is 0 Å². The molecule has 36 heavy (non-hydrogen) atoms. The summed E-state index contributed by atoms with van der Waals surface area (Å²) < 4.78 is 6.02. The normalized spacial score (nSPS) is 19.0. The predicted octanol–water partition coefficient (Wildman–Crippen LogP) is 3.02. The van der Waals surface area contributed by atoms with Crippen LogP contribution in [0.3, 0.4) is 0 Å². The fourth-order valence-electron chi connectivity index (χ4n) is 5.01. The molecule has 1 aromatic rings. The summed E-state index contributed by atoms with van der Waals surface area (Å²) in [6.07, 6.45) is 1.17. The Morgan fingerprint density at radius 2 is 1.97 bits per heavy atom. The van der Waals surface area contributed by atoms with Crippen molar-refractivity contribution in [3.05, 3.63) is 23.3 Å². The number of hydrogen-bond acceptors (Lipinski definition) is 5. The molecule has 1 aromatic carbocycles. The van der Waals surface area contributed by atoms with Crippen LogP contribution in [0.25, 0.3) is 0 Å². The molecule has 2 aliphatic heterocycles. The molecule has 2 heterocycles. The Bertz CT molecular complexity index is 1040. The molecule has 0 spiro atoms. The van der Waals surface area contributed by atoms with E-state index in [1.807, 2.05) is 20.8 Å². The minimum Gasteiger partial charge on any atom is -0.476 e. The summed E-state index contributed by atoms with van der Waals surface area (Å²) in [5.74, 6) is -0.0331. The zero-order chi connectivity index (χ0) is 26.8. The first-order chi connectivity index (χ1) is 16.9. The number of benzene rings is 1. The van der Waals surface area contributed by atoms with Crippen molar-refractivity contribution in [2.24, 2.45) is 0 Å². The van der Waals surface area contributed by atoms with E-state index in [9.17, 15) is 24.3 Å². The number of anilines is 1. The van der Waals surface area contributed by atoms with E-state index in [0.29, 0.717) is 48.5 Å². The topological polar surface area (TPSA) is 119 Å². The van der Waals surface area contributed by atoms with Gasteiger partial charge in [0.2, 0.25) is 5.91 Å². The van der Waals surface area contributed by atoms with Gasteiger partial charge in [0.25, 0.3) is 11.8 Å². The number of carbonyl (C=O) groups excluding carboxylic acids is 3. The molecule has 3 rings (SSSR count). The minimum absolute atomic E-state index is 0.106. The quantitative estimate of drug-likeness (QED) is 0.592. The number of carboxylic acid groups (broad SMARTS) is 1. The number of hydrogen-bond donors (Lipinski definition) is 2. The largest absolute Gasteiger partial charge is 0.476 e. The molecule has 10 heteroatoms. The second kappa shape index (κ2) is 10.8. The molecule has 0 bridgehead atoms. The average Bonchev–Trinajstić information content (AvgIpc) is 2.80. The Hall–Kier alpha value is -3.30. The third kappa shape index (κ3) is 5.57. The minimum atomic E-state index is -1.08. The number of amides is 4. The van der Waals surface area contributed by atoms with Gasteiger partial charge in [-0.3, -0.25) is 14.4 Å². The van der Waals surface area contributed by atoms with Gasteiger partial charge in [-0.25, -0.2) is 4.79 Å². The molecule has 198 valence electrons. The van der Waals surface area contributed by atoms with Crippen molar-refractivity contribution < 1.29 is 29.0 Å². The lowest BCUT2D eigenvalue weighted by Gasteiger charge is -2.41. The monoisotopic (exact) mass is 502 g/mol. The van der Waals surface area contributed by atoms with Gasteiger partial charge in [-0.05, 0) is 71.6 Å². The fourth-order valence-corrected chi connectivity index (χ4v) is 5.01. The highest BCUT2D eigenvalue weighted by molar-refractivity contribution is 6.05. The molecule has 1 saturated heterocycles. The van der Waals surface area contributed by atoms with E-state index >= 15 is 0 Å². The first-order valence-electron chi connectivity index (χ1n) is 12.5. The Labute approximate surface area is 212 Å². The number of fused-ring (bicyclic) bond motifs is 1. The van der Waals surface area contributed by atoms with E-state index < -0.39 is 11.7 Å². The molecule has 1 fully saturated rings. The summed E-state index contributed by atoms with van der Waals surface area (Å²) in [5, 5.41) is 12.1. The lowest BCUT2D eigenvalue weighted by Crippen LogP contribution is -2.54. The van der Waals surface area contributed by atoms with Gasteiger partial charge < -0.3 is 29.9 Å². The Kier molecular flexibility index (Phi) is 8.15. The number of likely N-dealkylation sites (tertiary alicyclic amines) is 1. The molecule has 0 radical (unpaired) electrons. The fraction of sp³-hybridized carbons (Fsp3) is 0.615. The van der Waals surface area contributed by atoms with Crippen LogP contribution in [0, 0.1) is 6.92 Å². The molecule has 4 amide bonds. The van der Waals surface area contributed by atoms with Gasteiger partial charge in [0.05, 0.1) is 11.7 Å². The lowest BCUT2D eigenvalue weighted by atomic mass is 9.97. The van der Waals surface area contributed by atoms with Gasteiger partial charge in [0.15, 0.2) is 5.60 Å². The van der Waals surface area contributed by atoms with Gasteiger partial charge in [-0.15, -0.1) is 0 Å². The zero-order valence-corrected chi connectivity index (χ0v) is 22.1. The van der Waals surface area contributed by atoms with Crippen LogP contribution in [0.2, 0.25) is 0 Å². The highest BCUT2D eigenvalue weighted by Gasteiger charge is 2.42. The number of carbonyl (C=O) groups is 4. The van der Waals surface area contributed by atoms with E-state index in [2.05, 4.69) is 5.32 Å². The third-order valence-corrected chi connectivity index (χ3v) is 6.87. The van der Waals surface area contributed by atoms with Crippen molar-refractivity contribution in [3.63, 3.8) is 0 Å². The van der Waals surface area contributed by atoms with E-state index in [4.69, 9.17) is 4.74 Å². The molecule has 0 aromatic heterocycles. The summed E-state index contributed by atoms with van der Waals surface area (Å²) >= 11 is 0. The summed E-state index contributed by atoms with van der Waals surface area (Å²) in [6.45, 7) is 10.1. The highest BCUT2D eigenvalue weighted by Crippen LogP contribution is 2.40. The summed E-state index contributed by atoms with van der Waals surface area (Å²) in [6, 6.07) is 3.10. The van der Waals surface area contributed by atoms with Crippen molar-refractivity contribution in [2.75, 3.05) is 31.6 Å². The van der Waals surface area contributed by atoms with Crippen molar-refractivity contribution in [3.8, 4) is 5.75 Å². The first kappa shape index (κ1) is 27.3. The molecule has 0 aliphatic carbocycles. The molecule has 2 aliphatic rings. The number of aryl methyl sites for hydroxylation is 1. The molecule has 1 atom stereocenters. The maximum atomic E-state index is 13.9. The maximum Gasteiger partial charge on any atom is 0.407 e. The van der Waals surface area contributed by atoms with Crippen LogP contribution in [0.5, 0.6) is 5.75 Å². The van der Waals surface area contributed by atoms with Crippen LogP contribution in [0.1, 0.15) is 69.3 Å². The van der Waals surface area contributed by atoms with Crippen molar-refractivity contribution in [1.29, 1.82) is 0 Å². The van der Waals surface area contributed by atoms with Crippen LogP contribution in [-0.4, -0.2) is 83.1 Å². The van der Waals surface area contributed by atoms with Gasteiger partial charge in [0.1, 0.15) is 5.75 Å². The van der Waals surface area contributed by atoms with Crippen molar-refractivity contribution in [2.45, 2.75) is 78.0 Å². The van der Waals surface area contributed by atoms with Gasteiger partial charge in [-0.2, -0.15) is 0 Å². The summed E-state index contributed by atoms with van der Waals surface area (Å²) in [4.78, 5) is 55.1. The van der Waals surface area contributed by atoms with Gasteiger partial charge >= 0.3 is 6.09 Å². The number of piperidine rings is 1. The van der Waals surface area contributed by atoms with Crippen LogP contribution in [0.4, 0.5) is 10.5 Å². The SMILES string of the molecule is CNC(=O)CCCN1C(=O)C(C)(C)Oc2cc(C)c(C(=O)N(C(C)C)[C@@H]3CCCN(C(=O)O)C3)cc21. The van der Waals surface area contributed by atoms with E-state index in [1.54, 1.807) is 42.8 Å². The maximum absolute atomic E-state index is 13.9. The second-order valence-corrected chi connectivity index (χ2v) is 10.3. The van der Waals surface area contributed by atoms with E-state index in [1.165, 1.54) is 4.90 Å². The standard InChI is InChI=1S/C26H38N4O6/c1-16(2)30(18-9-7-11-28(15-18)25(34)35)23(32)19-14-20-21(13-17(19)3)36-26(4,5)24(33)29(20)12-8-10-22(31)27-6/h13-14,16,18H,7-12,15H2,1-6H3,(H,27,31)(H,34,35)/t18-/m1/s1. The van der Waals surface area contributed by atoms with Gasteiger partial charge in [0, 0.05) is 44.7 Å². The summed E-state index contributed by atoms with van der Waals surface area (Å²) in [7, 11) is 1.57. The van der Waals surface area contributed by atoms with Crippen molar-refractivity contribution >= 4 is 29.5 Å². The van der Waals surface area contributed by atoms with Gasteiger partial charge in [-0.1, -0.05) is 0 Å². The third-order valence-electron chi connectivity index (χ3n) is 6.87. The second-order valence-electron chi connectivity index (χ2n) is 10.3. The molecule has 0 saturated carbocycles. The Balaban J connectivity index is 1.96. The first-order valence-corrected chi connectivity index (χ1v) is 12.5. The molecular weight excluding hydrogens is 464 g/mol. The number of nitrogens with zero attached hydrogens (tertiary/aromatic N) is 3. The Morgan fingerprint density at radius 3 is 2.58 bits per heavy atom. The molecule has 2 N–H and O–H groups in total. The van der Waals surface area contributed by atoms with E-state index in [0.717, 1.165) is 6.42 Å². The van der Waals surface area contributed by atoms with E-state index in [-0.39, 0.29) is 42.8 Å². The summed E-state index contributed by atoms with van der Waals surface area (Å²) in [5.41, 5.74) is 0.586. The van der Waals surface area contributed by atoms with Crippen molar-refractivity contribution in [1.82, 2.24) is 15.1 Å². The number of rotatable bonds is 7. The molecule has 0 unspecified atom stereocenters. The number of ether oxygens (including phenoxy) is 1. The van der Waals surface area contributed by atoms with Crippen LogP contribution < -0.4 is 15.0 Å². The average molecular weight is 503 g/mol. The Morgan fingerprint density at radius 1 is 1.28 bits per heavy atom. The predicted molar refractivity (Wildman–Crippen MR) is 135 cm³/mol. The smallest absolute Gasteiger partial charge is 0.407 e. The molecular formula is C26H38N4O6. The molecule has 10 nitrogen and oxygen atoms in total. The lowest BCUT2D eigenvalue weighted by molar-refractivity contribution is -0.132. The number of nitrogens with one attached hydrogen (secondary N) is 1. The van der Waals surface area contributed by atoms with Crippen LogP contribution in [0.15, 0.2) is 12.1 Å². The highest BCUT2D eigenvalue weighted by atomic mass is 16.5. The van der Waals surface area contributed by atoms with Crippen LogP contribution in [-0.2, 0) is 9.59 Å². The zero-order valence-electron chi connectivity index (χ0n) is 22.1.